The lowest BCUT2D eigenvalue weighted by Crippen LogP contribution is -2.10. The molecular formula is C64H41N3O. The summed E-state index contributed by atoms with van der Waals surface area (Å²) in [6.45, 7) is 0. The van der Waals surface area contributed by atoms with Gasteiger partial charge in [-0.3, -0.25) is 0 Å². The highest BCUT2D eigenvalue weighted by atomic mass is 16.3. The van der Waals surface area contributed by atoms with Crippen molar-refractivity contribution in [1.29, 1.82) is 0 Å². The van der Waals surface area contributed by atoms with Crippen molar-refractivity contribution in [2.24, 2.45) is 0 Å². The van der Waals surface area contributed by atoms with Gasteiger partial charge in [-0.05, 0) is 136 Å². The lowest BCUT2D eigenvalue weighted by atomic mass is 10.0. The van der Waals surface area contributed by atoms with Crippen molar-refractivity contribution in [3.8, 4) is 33.6 Å². The van der Waals surface area contributed by atoms with E-state index < -0.39 is 0 Å². The van der Waals surface area contributed by atoms with E-state index in [0.29, 0.717) is 0 Å². The maximum absolute atomic E-state index is 6.16. The topological polar surface area (TPSA) is 26.2 Å². The molecule has 0 aliphatic rings. The van der Waals surface area contributed by atoms with Crippen LogP contribution in [-0.2, 0) is 0 Å². The average molecular weight is 868 g/mol. The molecule has 3 aromatic heterocycles. The Morgan fingerprint density at radius 3 is 1.40 bits per heavy atom. The van der Waals surface area contributed by atoms with Crippen molar-refractivity contribution in [3.63, 3.8) is 0 Å². The number of para-hydroxylation sites is 5. The van der Waals surface area contributed by atoms with Gasteiger partial charge in [0, 0.05) is 60.8 Å². The van der Waals surface area contributed by atoms with Gasteiger partial charge in [-0.1, -0.05) is 146 Å². The van der Waals surface area contributed by atoms with Crippen LogP contribution in [0.5, 0.6) is 0 Å². The largest absolute Gasteiger partial charge is 0.456 e. The molecule has 0 aliphatic heterocycles. The van der Waals surface area contributed by atoms with Gasteiger partial charge < -0.3 is 18.5 Å². The van der Waals surface area contributed by atoms with Crippen LogP contribution in [0.1, 0.15) is 0 Å². The molecule has 0 fully saturated rings. The van der Waals surface area contributed by atoms with E-state index in [-0.39, 0.29) is 0 Å². The van der Waals surface area contributed by atoms with Gasteiger partial charge in [0.15, 0.2) is 0 Å². The Morgan fingerprint density at radius 1 is 0.265 bits per heavy atom. The van der Waals surface area contributed by atoms with E-state index >= 15 is 0 Å². The minimum Gasteiger partial charge on any atom is -0.456 e. The van der Waals surface area contributed by atoms with Gasteiger partial charge >= 0.3 is 0 Å². The summed E-state index contributed by atoms with van der Waals surface area (Å²) in [6, 6.07) is 90.1. The Labute approximate surface area is 392 Å². The predicted molar refractivity (Wildman–Crippen MR) is 285 cm³/mol. The zero-order chi connectivity index (χ0) is 44.7. The molecule has 4 heteroatoms. The molecule has 0 amide bonds. The zero-order valence-corrected chi connectivity index (χ0v) is 36.9. The summed E-state index contributed by atoms with van der Waals surface area (Å²) >= 11 is 0. The second-order valence-electron chi connectivity index (χ2n) is 17.7. The number of rotatable bonds is 7. The Morgan fingerprint density at radius 2 is 0.735 bits per heavy atom. The van der Waals surface area contributed by atoms with E-state index in [4.69, 9.17) is 4.42 Å². The highest BCUT2D eigenvalue weighted by Gasteiger charge is 2.18. The quantitative estimate of drug-likeness (QED) is 0.160. The molecule has 14 rings (SSSR count). The van der Waals surface area contributed by atoms with Crippen molar-refractivity contribution >= 4 is 93.4 Å². The molecule has 14 aromatic rings. The minimum atomic E-state index is 0.901. The van der Waals surface area contributed by atoms with Gasteiger partial charge in [0.05, 0.1) is 22.1 Å². The van der Waals surface area contributed by atoms with Crippen LogP contribution in [0.4, 0.5) is 17.1 Å². The molecule has 3 heterocycles. The fourth-order valence-corrected chi connectivity index (χ4v) is 10.7. The molecule has 4 nitrogen and oxygen atoms in total. The van der Waals surface area contributed by atoms with Crippen LogP contribution in [0.2, 0.25) is 0 Å². The smallest absolute Gasteiger partial charge is 0.135 e. The van der Waals surface area contributed by atoms with Gasteiger partial charge in [0.2, 0.25) is 0 Å². The summed E-state index contributed by atoms with van der Waals surface area (Å²) in [6.07, 6.45) is 0. The first-order valence-electron chi connectivity index (χ1n) is 23.2. The van der Waals surface area contributed by atoms with Crippen LogP contribution in [0.15, 0.2) is 253 Å². The van der Waals surface area contributed by atoms with E-state index in [0.717, 1.165) is 67.1 Å². The van der Waals surface area contributed by atoms with Gasteiger partial charge in [0.25, 0.3) is 0 Å². The van der Waals surface area contributed by atoms with Crippen LogP contribution < -0.4 is 4.90 Å². The maximum atomic E-state index is 6.16. The van der Waals surface area contributed by atoms with Crippen molar-refractivity contribution in [3.05, 3.63) is 249 Å². The second-order valence-corrected chi connectivity index (χ2v) is 17.7. The zero-order valence-electron chi connectivity index (χ0n) is 36.9. The monoisotopic (exact) mass is 867 g/mol. The molecule has 0 atom stereocenters. The summed E-state index contributed by atoms with van der Waals surface area (Å²) in [5.41, 5.74) is 16.8. The Bertz CT molecular complexity index is 4200. The predicted octanol–water partition coefficient (Wildman–Crippen LogP) is 17.7. The van der Waals surface area contributed by atoms with E-state index in [1.165, 1.54) is 59.9 Å². The van der Waals surface area contributed by atoms with Gasteiger partial charge in [-0.15, -0.1) is 0 Å². The molecule has 0 spiro atoms. The first-order valence-corrected chi connectivity index (χ1v) is 23.2. The maximum Gasteiger partial charge on any atom is 0.135 e. The minimum absolute atomic E-state index is 0.901. The third kappa shape index (κ3) is 6.08. The van der Waals surface area contributed by atoms with E-state index in [1.807, 2.05) is 12.1 Å². The lowest BCUT2D eigenvalue weighted by Gasteiger charge is -2.26. The average Bonchev–Trinajstić information content (AvgIpc) is 4.07. The Hall–Kier alpha value is -9.12. The highest BCUT2D eigenvalue weighted by Crippen LogP contribution is 2.41. The number of furan rings is 1. The first kappa shape index (κ1) is 38.2. The molecule has 0 saturated carbocycles. The molecule has 11 aromatic carbocycles. The number of anilines is 3. The van der Waals surface area contributed by atoms with Crippen molar-refractivity contribution in [2.75, 3.05) is 4.90 Å². The summed E-state index contributed by atoms with van der Waals surface area (Å²) in [5, 5.41) is 9.64. The summed E-state index contributed by atoms with van der Waals surface area (Å²) < 4.78 is 10.9. The molecule has 318 valence electrons. The molecule has 0 N–H and O–H groups in total. The Balaban J connectivity index is 0.870. The van der Waals surface area contributed by atoms with Crippen LogP contribution in [-0.4, -0.2) is 9.13 Å². The SMILES string of the molecule is c1ccc(-n2c3ccccc3c3ccc(-c4ccc(N(c5ccc(-c6ccc7oc8ccccc8c7c6)cc5)c5ccc6cc(-n7c8ccccc8c8ccccc87)ccc6c5)cc4)cc32)cc1. The fourth-order valence-electron chi connectivity index (χ4n) is 10.7. The Kier molecular flexibility index (Phi) is 8.55. The van der Waals surface area contributed by atoms with Crippen LogP contribution in [0.25, 0.3) is 110 Å². The number of fused-ring (bicyclic) bond motifs is 10. The van der Waals surface area contributed by atoms with E-state index in [2.05, 4.69) is 251 Å². The molecule has 0 radical (unpaired) electrons. The molecule has 0 aliphatic carbocycles. The number of hydrogen-bond donors (Lipinski definition) is 0. The number of benzene rings is 11. The molecular weight excluding hydrogens is 827 g/mol. The normalized spacial score (nSPS) is 11.8. The van der Waals surface area contributed by atoms with Crippen molar-refractivity contribution in [2.45, 2.75) is 0 Å². The number of aromatic nitrogens is 2. The van der Waals surface area contributed by atoms with E-state index in [1.54, 1.807) is 0 Å². The molecule has 68 heavy (non-hydrogen) atoms. The lowest BCUT2D eigenvalue weighted by molar-refractivity contribution is 0.669. The number of nitrogens with zero attached hydrogens (tertiary/aromatic N) is 3. The number of hydrogen-bond acceptors (Lipinski definition) is 2. The van der Waals surface area contributed by atoms with Crippen molar-refractivity contribution in [1.82, 2.24) is 9.13 Å². The van der Waals surface area contributed by atoms with Crippen molar-refractivity contribution < 1.29 is 4.42 Å². The third-order valence-electron chi connectivity index (χ3n) is 13.9. The fraction of sp³-hybridized carbons (Fsp3) is 0. The standard InChI is InChI=1S/C64H41N3O/c1-2-12-48(13-3-1)66-59-18-8-6-16-55(59)56-36-28-47(41-62(56)66)43-24-32-50(33-25-43)65(49-30-22-42(23-31-49)46-29-37-64-58(40-46)57-17-7-11-21-63(57)68-64)51-34-26-45-39-52(35-27-44(45)38-51)67-60-19-9-4-14-53(60)54-15-5-10-20-61(54)67/h1-41H. The van der Waals surface area contributed by atoms with E-state index in [9.17, 15) is 0 Å². The molecule has 0 unspecified atom stereocenters. The molecule has 0 bridgehead atoms. The van der Waals surface area contributed by atoms with Crippen LogP contribution in [0.3, 0.4) is 0 Å². The van der Waals surface area contributed by atoms with Crippen LogP contribution in [0, 0.1) is 0 Å². The molecule has 0 saturated heterocycles. The summed E-state index contributed by atoms with van der Waals surface area (Å²) in [5.74, 6) is 0. The third-order valence-corrected chi connectivity index (χ3v) is 13.9. The first-order chi connectivity index (χ1) is 33.7. The van der Waals surface area contributed by atoms with Gasteiger partial charge in [-0.2, -0.15) is 0 Å². The van der Waals surface area contributed by atoms with Gasteiger partial charge in [0.1, 0.15) is 11.2 Å². The second kappa shape index (κ2) is 15.2. The summed E-state index contributed by atoms with van der Waals surface area (Å²) in [7, 11) is 0. The van der Waals surface area contributed by atoms with Gasteiger partial charge in [-0.25, -0.2) is 0 Å². The van der Waals surface area contributed by atoms with Crippen LogP contribution >= 0.6 is 0 Å². The highest BCUT2D eigenvalue weighted by molar-refractivity contribution is 6.11. The summed E-state index contributed by atoms with van der Waals surface area (Å²) in [4.78, 5) is 2.37.